The maximum absolute atomic E-state index is 12.5. The highest BCUT2D eigenvalue weighted by molar-refractivity contribution is 5.74. The van der Waals surface area contributed by atoms with E-state index in [1.54, 1.807) is 12.1 Å². The molecule has 0 fully saturated rings. The number of phenols is 2. The van der Waals surface area contributed by atoms with Crippen molar-refractivity contribution in [3.63, 3.8) is 0 Å². The molecule has 8 nitrogen and oxygen atoms in total. The summed E-state index contributed by atoms with van der Waals surface area (Å²) in [6, 6.07) is 8.94. The van der Waals surface area contributed by atoms with Crippen LogP contribution in [-0.4, -0.2) is 54.3 Å². The van der Waals surface area contributed by atoms with Crippen LogP contribution in [0.1, 0.15) is 17.2 Å². The van der Waals surface area contributed by atoms with Crippen molar-refractivity contribution >= 4 is 5.97 Å². The topological polar surface area (TPSA) is 126 Å². The molecule has 0 unspecified atom stereocenters. The molecule has 0 saturated heterocycles. The number of aromatic hydroxyl groups is 2. The van der Waals surface area contributed by atoms with Gasteiger partial charge in [-0.3, -0.25) is 4.79 Å². The van der Waals surface area contributed by atoms with E-state index in [0.29, 0.717) is 11.1 Å². The molecule has 0 amide bonds. The summed E-state index contributed by atoms with van der Waals surface area (Å²) < 4.78 is 15.0. The minimum Gasteiger partial charge on any atom is -0.504 e. The zero-order valence-corrected chi connectivity index (χ0v) is 16.5. The van der Waals surface area contributed by atoms with Crippen LogP contribution in [0.25, 0.3) is 0 Å². The van der Waals surface area contributed by atoms with Crippen molar-refractivity contribution in [1.29, 1.82) is 0 Å². The Balaban J connectivity index is 2.37. The quantitative estimate of drug-likeness (QED) is 0.465. The summed E-state index contributed by atoms with van der Waals surface area (Å²) in [6.45, 7) is -0.394. The summed E-state index contributed by atoms with van der Waals surface area (Å²) >= 11 is 0. The summed E-state index contributed by atoms with van der Waals surface area (Å²) in [4.78, 5) is 12.5. The fraction of sp³-hybridized carbons (Fsp3) is 0.381. The second kappa shape index (κ2) is 9.99. The maximum Gasteiger partial charge on any atom is 0.312 e. The molecule has 0 aliphatic rings. The van der Waals surface area contributed by atoms with Crippen LogP contribution in [0.2, 0.25) is 0 Å². The Morgan fingerprint density at radius 1 is 0.966 bits per heavy atom. The molecule has 0 heterocycles. The van der Waals surface area contributed by atoms with Gasteiger partial charge in [-0.25, -0.2) is 0 Å². The van der Waals surface area contributed by atoms with Crippen LogP contribution < -0.4 is 9.47 Å². The van der Waals surface area contributed by atoms with Crippen LogP contribution in [0.5, 0.6) is 23.0 Å². The third-order valence-corrected chi connectivity index (χ3v) is 4.84. The zero-order valence-electron chi connectivity index (χ0n) is 16.5. The molecule has 0 spiro atoms. The number of phenolic OH excluding ortho intramolecular Hbond substituents is 2. The van der Waals surface area contributed by atoms with Gasteiger partial charge in [0.1, 0.15) is 0 Å². The normalized spacial score (nSPS) is 14.0. The predicted molar refractivity (Wildman–Crippen MR) is 104 cm³/mol. The Kier molecular flexibility index (Phi) is 7.69. The monoisotopic (exact) mass is 406 g/mol. The van der Waals surface area contributed by atoms with Crippen LogP contribution in [0.3, 0.4) is 0 Å². The Morgan fingerprint density at radius 3 is 2.10 bits per heavy atom. The van der Waals surface area contributed by atoms with E-state index in [1.165, 1.54) is 45.6 Å². The van der Waals surface area contributed by atoms with Crippen LogP contribution in [0, 0.1) is 11.8 Å². The Labute approximate surface area is 168 Å². The highest BCUT2D eigenvalue weighted by atomic mass is 16.5. The lowest BCUT2D eigenvalue weighted by molar-refractivity contribution is -0.153. The van der Waals surface area contributed by atoms with Gasteiger partial charge in [0.05, 0.1) is 33.4 Å². The first-order chi connectivity index (χ1) is 13.9. The van der Waals surface area contributed by atoms with Gasteiger partial charge in [0.15, 0.2) is 23.0 Å². The SMILES string of the molecule is COC(=O)[C@H]([C@@H](CO)Cc1ccc(O)c(OC)c1)[C@@H](O)c1ccc(O)c(OC)c1. The number of ether oxygens (including phenoxy) is 3. The van der Waals surface area contributed by atoms with Crippen LogP contribution in [0.15, 0.2) is 36.4 Å². The number of hydrogen-bond acceptors (Lipinski definition) is 8. The number of esters is 1. The first-order valence-electron chi connectivity index (χ1n) is 8.95. The molecule has 4 N–H and O–H groups in total. The molecule has 158 valence electrons. The predicted octanol–water partition coefficient (Wildman–Crippen LogP) is 1.79. The van der Waals surface area contributed by atoms with Crippen molar-refractivity contribution < 1.29 is 39.4 Å². The van der Waals surface area contributed by atoms with Crippen LogP contribution >= 0.6 is 0 Å². The van der Waals surface area contributed by atoms with E-state index in [-0.39, 0.29) is 29.4 Å². The van der Waals surface area contributed by atoms with E-state index in [1.807, 2.05) is 0 Å². The van der Waals surface area contributed by atoms with Gasteiger partial charge in [0.2, 0.25) is 0 Å². The molecule has 0 saturated carbocycles. The number of aliphatic hydroxyl groups is 2. The number of hydrogen-bond donors (Lipinski definition) is 4. The fourth-order valence-electron chi connectivity index (χ4n) is 3.26. The van der Waals surface area contributed by atoms with Gasteiger partial charge < -0.3 is 34.6 Å². The number of aliphatic hydroxyl groups excluding tert-OH is 2. The molecule has 3 atom stereocenters. The van der Waals surface area contributed by atoms with Crippen molar-refractivity contribution in [2.75, 3.05) is 27.9 Å². The minimum atomic E-state index is -1.31. The van der Waals surface area contributed by atoms with Gasteiger partial charge in [-0.2, -0.15) is 0 Å². The molecular weight excluding hydrogens is 380 g/mol. The van der Waals surface area contributed by atoms with E-state index < -0.39 is 30.5 Å². The summed E-state index contributed by atoms with van der Waals surface area (Å²) in [6.07, 6.45) is -1.09. The average Bonchev–Trinajstić information content (AvgIpc) is 2.74. The first kappa shape index (κ1) is 22.3. The Bertz CT molecular complexity index is 835. The molecule has 29 heavy (non-hydrogen) atoms. The maximum atomic E-state index is 12.5. The number of benzene rings is 2. The lowest BCUT2D eigenvalue weighted by Crippen LogP contribution is -2.34. The molecule has 0 aliphatic carbocycles. The van der Waals surface area contributed by atoms with Gasteiger partial charge in [-0.1, -0.05) is 12.1 Å². The van der Waals surface area contributed by atoms with E-state index in [0.717, 1.165) is 0 Å². The second-order valence-corrected chi connectivity index (χ2v) is 6.58. The zero-order chi connectivity index (χ0) is 21.6. The second-order valence-electron chi connectivity index (χ2n) is 6.58. The van der Waals surface area contributed by atoms with Crippen molar-refractivity contribution in [2.45, 2.75) is 12.5 Å². The van der Waals surface area contributed by atoms with Gasteiger partial charge in [0, 0.05) is 12.5 Å². The molecule has 8 heteroatoms. The van der Waals surface area contributed by atoms with E-state index in [2.05, 4.69) is 0 Å². The molecule has 0 radical (unpaired) electrons. The Morgan fingerprint density at radius 2 is 1.55 bits per heavy atom. The number of rotatable bonds is 9. The molecule has 0 bridgehead atoms. The Hall–Kier alpha value is -2.97. The van der Waals surface area contributed by atoms with Crippen molar-refractivity contribution in [3.8, 4) is 23.0 Å². The number of carbonyl (C=O) groups excluding carboxylic acids is 1. The highest BCUT2D eigenvalue weighted by Gasteiger charge is 2.36. The summed E-state index contributed by atoms with van der Waals surface area (Å²) in [5, 5.41) is 40.4. The average molecular weight is 406 g/mol. The van der Waals surface area contributed by atoms with Crippen molar-refractivity contribution in [1.82, 2.24) is 0 Å². The van der Waals surface area contributed by atoms with Gasteiger partial charge >= 0.3 is 5.97 Å². The highest BCUT2D eigenvalue weighted by Crippen LogP contribution is 2.36. The first-order valence-corrected chi connectivity index (χ1v) is 8.95. The molecule has 2 aromatic carbocycles. The molecule has 0 aromatic heterocycles. The summed E-state index contributed by atoms with van der Waals surface area (Å²) in [5.41, 5.74) is 1.03. The van der Waals surface area contributed by atoms with E-state index in [9.17, 15) is 25.2 Å². The number of methoxy groups -OCH3 is 3. The van der Waals surface area contributed by atoms with Gasteiger partial charge in [-0.15, -0.1) is 0 Å². The standard InChI is InChI=1S/C21H26O8/c1-27-17-9-12(4-6-15(17)23)8-14(11-22)19(21(26)29-3)20(25)13-5-7-16(24)18(10-13)28-2/h4-7,9-10,14,19-20,22-25H,8,11H2,1-3H3/t14-,19-,20+/m1/s1. The molecular formula is C21H26O8. The van der Waals surface area contributed by atoms with Gasteiger partial charge in [-0.05, 0) is 41.8 Å². The lowest BCUT2D eigenvalue weighted by atomic mass is 9.81. The number of carbonyl (C=O) groups is 1. The largest absolute Gasteiger partial charge is 0.504 e. The summed E-state index contributed by atoms with van der Waals surface area (Å²) in [5.74, 6) is -2.18. The van der Waals surface area contributed by atoms with E-state index >= 15 is 0 Å². The smallest absolute Gasteiger partial charge is 0.312 e. The fourth-order valence-corrected chi connectivity index (χ4v) is 3.26. The minimum absolute atomic E-state index is 0.0301. The molecule has 0 aliphatic heterocycles. The molecule has 2 rings (SSSR count). The van der Waals surface area contributed by atoms with Crippen LogP contribution in [-0.2, 0) is 16.0 Å². The third-order valence-electron chi connectivity index (χ3n) is 4.84. The lowest BCUT2D eigenvalue weighted by Gasteiger charge is -2.28. The van der Waals surface area contributed by atoms with Crippen LogP contribution in [0.4, 0.5) is 0 Å². The van der Waals surface area contributed by atoms with Crippen molar-refractivity contribution in [2.24, 2.45) is 11.8 Å². The third kappa shape index (κ3) is 5.10. The van der Waals surface area contributed by atoms with E-state index in [4.69, 9.17) is 14.2 Å². The van der Waals surface area contributed by atoms with Crippen molar-refractivity contribution in [3.05, 3.63) is 47.5 Å². The van der Waals surface area contributed by atoms with Gasteiger partial charge in [0.25, 0.3) is 0 Å². The summed E-state index contributed by atoms with van der Waals surface area (Å²) in [7, 11) is 4.00. The molecule has 2 aromatic rings.